The summed E-state index contributed by atoms with van der Waals surface area (Å²) in [7, 11) is 0. The summed E-state index contributed by atoms with van der Waals surface area (Å²) in [6.07, 6.45) is 0. The number of carbonyl (C=O) groups excluding carboxylic acids is 1. The zero-order chi connectivity index (χ0) is 11.0. The lowest BCUT2D eigenvalue weighted by atomic mass is 10.2. The summed E-state index contributed by atoms with van der Waals surface area (Å²) in [6.45, 7) is 10.0. The van der Waals surface area contributed by atoms with E-state index in [4.69, 9.17) is 14.2 Å². The Balaban J connectivity index is 0.000000249. The van der Waals surface area contributed by atoms with Gasteiger partial charge in [-0.3, -0.25) is 4.79 Å². The molecule has 0 bridgehead atoms. The topological polar surface area (TPSA) is 44.8 Å². The molecule has 0 amide bonds. The molecule has 0 saturated carbocycles. The van der Waals surface area contributed by atoms with E-state index < -0.39 is 0 Å². The zero-order valence-electron chi connectivity index (χ0n) is 9.46. The average Bonchev–Trinajstić information content (AvgIpc) is 2.03. The van der Waals surface area contributed by atoms with Crippen molar-refractivity contribution < 1.29 is 19.0 Å². The van der Waals surface area contributed by atoms with E-state index in [1.807, 2.05) is 20.8 Å². The maximum Gasteiger partial charge on any atom is 0.303 e. The van der Waals surface area contributed by atoms with Crippen molar-refractivity contribution >= 4 is 5.97 Å². The lowest BCUT2D eigenvalue weighted by molar-refractivity contribution is -0.151. The lowest BCUT2D eigenvalue weighted by Gasteiger charge is -2.17. The fourth-order valence-electron chi connectivity index (χ4n) is 0.871. The highest BCUT2D eigenvalue weighted by molar-refractivity contribution is 5.66. The van der Waals surface area contributed by atoms with Gasteiger partial charge in [-0.05, 0) is 20.8 Å². The molecule has 0 spiro atoms. The van der Waals surface area contributed by atoms with Gasteiger partial charge in [0.05, 0.1) is 26.4 Å². The van der Waals surface area contributed by atoms with Gasteiger partial charge in [-0.25, -0.2) is 0 Å². The van der Waals surface area contributed by atoms with Gasteiger partial charge in [0.25, 0.3) is 0 Å². The van der Waals surface area contributed by atoms with E-state index in [9.17, 15) is 4.79 Å². The highest BCUT2D eigenvalue weighted by atomic mass is 16.6. The summed E-state index contributed by atoms with van der Waals surface area (Å²) in [5.74, 6) is -0.225. The molecule has 4 heteroatoms. The van der Waals surface area contributed by atoms with E-state index in [2.05, 4.69) is 0 Å². The molecular weight excluding hydrogens is 184 g/mol. The first kappa shape index (κ1) is 13.4. The van der Waals surface area contributed by atoms with Gasteiger partial charge in [-0.2, -0.15) is 0 Å². The molecule has 0 aromatic heterocycles. The van der Waals surface area contributed by atoms with Crippen molar-refractivity contribution in [2.45, 2.75) is 33.3 Å². The second-order valence-corrected chi connectivity index (χ2v) is 3.93. The first-order chi connectivity index (χ1) is 6.42. The van der Waals surface area contributed by atoms with Gasteiger partial charge in [0.15, 0.2) is 0 Å². The molecule has 0 atom stereocenters. The van der Waals surface area contributed by atoms with E-state index in [0.29, 0.717) is 0 Å². The van der Waals surface area contributed by atoms with Crippen LogP contribution in [0.2, 0.25) is 0 Å². The normalized spacial score (nSPS) is 16.6. The van der Waals surface area contributed by atoms with Gasteiger partial charge in [-0.1, -0.05) is 0 Å². The van der Waals surface area contributed by atoms with Gasteiger partial charge in [0, 0.05) is 6.92 Å². The fourth-order valence-corrected chi connectivity index (χ4v) is 0.871. The molecule has 14 heavy (non-hydrogen) atoms. The summed E-state index contributed by atoms with van der Waals surface area (Å²) in [5, 5.41) is 0. The summed E-state index contributed by atoms with van der Waals surface area (Å²) in [6, 6.07) is 0. The van der Waals surface area contributed by atoms with Crippen LogP contribution in [0.4, 0.5) is 0 Å². The first-order valence-corrected chi connectivity index (χ1v) is 4.77. The Bertz CT molecular complexity index is 144. The van der Waals surface area contributed by atoms with Crippen LogP contribution in [0, 0.1) is 0 Å². The Morgan fingerprint density at radius 1 is 1.07 bits per heavy atom. The molecule has 1 aliphatic heterocycles. The van der Waals surface area contributed by atoms with Crippen molar-refractivity contribution in [1.29, 1.82) is 0 Å². The largest absolute Gasteiger partial charge is 0.460 e. The van der Waals surface area contributed by atoms with E-state index >= 15 is 0 Å². The monoisotopic (exact) mass is 204 g/mol. The maximum absolute atomic E-state index is 10.2. The Kier molecular flexibility index (Phi) is 6.49. The highest BCUT2D eigenvalue weighted by Gasteiger charge is 2.11. The van der Waals surface area contributed by atoms with Crippen molar-refractivity contribution in [3.63, 3.8) is 0 Å². The van der Waals surface area contributed by atoms with Crippen LogP contribution in [0.1, 0.15) is 27.7 Å². The van der Waals surface area contributed by atoms with Crippen LogP contribution in [-0.4, -0.2) is 38.0 Å². The Hall–Kier alpha value is -0.610. The minimum absolute atomic E-state index is 0.225. The van der Waals surface area contributed by atoms with Crippen LogP contribution in [0.15, 0.2) is 0 Å². The molecule has 0 aromatic carbocycles. The number of carbonyl (C=O) groups is 1. The Morgan fingerprint density at radius 2 is 1.43 bits per heavy atom. The zero-order valence-corrected chi connectivity index (χ0v) is 9.46. The molecule has 84 valence electrons. The number of esters is 1. The predicted octanol–water partition coefficient (Wildman–Crippen LogP) is 1.38. The molecule has 0 unspecified atom stereocenters. The molecule has 0 aliphatic carbocycles. The third-order valence-corrected chi connectivity index (χ3v) is 1.19. The summed E-state index contributed by atoms with van der Waals surface area (Å²) in [5.41, 5.74) is -0.328. The summed E-state index contributed by atoms with van der Waals surface area (Å²) >= 11 is 0. The molecule has 0 N–H and O–H groups in total. The molecule has 4 nitrogen and oxygen atoms in total. The minimum atomic E-state index is -0.328. The fraction of sp³-hybridized carbons (Fsp3) is 0.900. The quantitative estimate of drug-likeness (QED) is 0.559. The smallest absolute Gasteiger partial charge is 0.303 e. The second kappa shape index (κ2) is 6.79. The molecule has 1 rings (SSSR count). The standard InChI is InChI=1S/C6H12O2.C4H8O2/c1-5(7)8-6(2,3)4;1-2-6-4-3-5-1/h1-4H3;1-4H2. The van der Waals surface area contributed by atoms with E-state index in [-0.39, 0.29) is 11.6 Å². The molecule has 1 aliphatic rings. The number of hydrogen-bond donors (Lipinski definition) is 0. The molecule has 1 heterocycles. The molecular formula is C10H20O4. The molecule has 0 aromatic rings. The predicted molar refractivity (Wildman–Crippen MR) is 53.2 cm³/mol. The van der Waals surface area contributed by atoms with E-state index in [1.54, 1.807) is 0 Å². The molecule has 1 fully saturated rings. The Morgan fingerprint density at radius 3 is 1.50 bits per heavy atom. The van der Waals surface area contributed by atoms with E-state index in [1.165, 1.54) is 6.92 Å². The lowest BCUT2D eigenvalue weighted by Crippen LogP contribution is -2.21. The highest BCUT2D eigenvalue weighted by Crippen LogP contribution is 2.05. The molecule has 1 saturated heterocycles. The van der Waals surface area contributed by atoms with Crippen LogP contribution in [0.25, 0.3) is 0 Å². The van der Waals surface area contributed by atoms with Crippen molar-refractivity contribution in [2.24, 2.45) is 0 Å². The van der Waals surface area contributed by atoms with Crippen molar-refractivity contribution in [1.82, 2.24) is 0 Å². The maximum atomic E-state index is 10.2. The number of hydrogen-bond acceptors (Lipinski definition) is 4. The average molecular weight is 204 g/mol. The molecule has 0 radical (unpaired) electrons. The Labute approximate surface area is 85.5 Å². The SMILES string of the molecule is C1COCCO1.CC(=O)OC(C)(C)C. The third kappa shape index (κ3) is 11.4. The third-order valence-electron chi connectivity index (χ3n) is 1.19. The van der Waals surface area contributed by atoms with Gasteiger partial charge in [0.2, 0.25) is 0 Å². The van der Waals surface area contributed by atoms with Crippen LogP contribution < -0.4 is 0 Å². The summed E-state index contributed by atoms with van der Waals surface area (Å²) < 4.78 is 14.7. The second-order valence-electron chi connectivity index (χ2n) is 3.93. The summed E-state index contributed by atoms with van der Waals surface area (Å²) in [4.78, 5) is 10.2. The minimum Gasteiger partial charge on any atom is -0.460 e. The van der Waals surface area contributed by atoms with Crippen LogP contribution in [0.5, 0.6) is 0 Å². The van der Waals surface area contributed by atoms with Gasteiger partial charge in [-0.15, -0.1) is 0 Å². The van der Waals surface area contributed by atoms with Crippen molar-refractivity contribution in [3.8, 4) is 0 Å². The van der Waals surface area contributed by atoms with Gasteiger partial charge >= 0.3 is 5.97 Å². The van der Waals surface area contributed by atoms with Crippen molar-refractivity contribution in [3.05, 3.63) is 0 Å². The first-order valence-electron chi connectivity index (χ1n) is 4.77. The number of ether oxygens (including phenoxy) is 3. The van der Waals surface area contributed by atoms with Crippen LogP contribution >= 0.6 is 0 Å². The van der Waals surface area contributed by atoms with Gasteiger partial charge in [0.1, 0.15) is 5.60 Å². The van der Waals surface area contributed by atoms with E-state index in [0.717, 1.165) is 26.4 Å². The van der Waals surface area contributed by atoms with Crippen LogP contribution in [0.3, 0.4) is 0 Å². The number of rotatable bonds is 0. The van der Waals surface area contributed by atoms with Crippen molar-refractivity contribution in [2.75, 3.05) is 26.4 Å². The van der Waals surface area contributed by atoms with Gasteiger partial charge < -0.3 is 14.2 Å². The van der Waals surface area contributed by atoms with Crippen LogP contribution in [-0.2, 0) is 19.0 Å².